The lowest BCUT2D eigenvalue weighted by molar-refractivity contribution is -0.142. The minimum Gasteiger partial charge on any atom is -0.508 e. The maximum Gasteiger partial charge on any atom is 0.326 e. The number of hydrogen-bond acceptors (Lipinski definition) is 9. The number of phenolic OH excluding ortho intramolecular Hbond substituents is 1. The van der Waals surface area contributed by atoms with E-state index in [0.29, 0.717) is 11.1 Å². The molecule has 0 spiro atoms. The molecular weight excluding hydrogens is 624 g/mol. The Labute approximate surface area is 278 Å². The highest BCUT2D eigenvalue weighted by Crippen LogP contribution is 2.13. The number of benzene rings is 2. The van der Waals surface area contributed by atoms with Crippen molar-refractivity contribution in [3.05, 3.63) is 65.7 Å². The van der Waals surface area contributed by atoms with E-state index in [0.717, 1.165) is 0 Å². The summed E-state index contributed by atoms with van der Waals surface area (Å²) in [5.74, 6) is -5.07. The molecule has 48 heavy (non-hydrogen) atoms. The molecule has 16 nitrogen and oxygen atoms in total. The van der Waals surface area contributed by atoms with Crippen molar-refractivity contribution in [3.63, 3.8) is 0 Å². The maximum atomic E-state index is 13.8. The number of carboxylic acids is 1. The number of aliphatic carboxylic acids is 1. The van der Waals surface area contributed by atoms with Gasteiger partial charge in [-0.1, -0.05) is 56.3 Å². The molecule has 2 rings (SSSR count). The van der Waals surface area contributed by atoms with Crippen molar-refractivity contribution < 1.29 is 39.3 Å². The first-order chi connectivity index (χ1) is 22.7. The summed E-state index contributed by atoms with van der Waals surface area (Å²) in [6.07, 6.45) is 0.179. The largest absolute Gasteiger partial charge is 0.508 e. The Morgan fingerprint density at radius 3 is 1.88 bits per heavy atom. The van der Waals surface area contributed by atoms with Gasteiger partial charge in [0, 0.05) is 19.4 Å². The topological polar surface area (TPSA) is 282 Å². The van der Waals surface area contributed by atoms with Gasteiger partial charge in [-0.15, -0.1) is 0 Å². The predicted octanol–water partition coefficient (Wildman–Crippen LogP) is -1.56. The standard InChI is InChI=1S/C32H46N8O8/c1-18(2)26(40-27(43)22(33)17-41)30(46)37-23(9-6-14-36-32(34)35)28(44)38-24(15-19-7-4-3-5-8-19)29(45)39-25(31(47)48)16-20-10-12-21(42)13-11-20/h3-5,7-8,10-13,18,22-26,41-42H,6,9,14-17,33H2,1-2H3,(H,37,46)(H,38,44)(H,39,45)(H,40,43)(H,47,48)(H4,34,35,36)/t22-,23-,24-,25-,26-/m0/s1. The lowest BCUT2D eigenvalue weighted by Crippen LogP contribution is -2.60. The highest BCUT2D eigenvalue weighted by Gasteiger charge is 2.33. The van der Waals surface area contributed by atoms with Crippen LogP contribution >= 0.6 is 0 Å². The van der Waals surface area contributed by atoms with Gasteiger partial charge in [0.2, 0.25) is 23.6 Å². The van der Waals surface area contributed by atoms with E-state index in [1.54, 1.807) is 44.2 Å². The zero-order chi connectivity index (χ0) is 35.8. The van der Waals surface area contributed by atoms with Crippen LogP contribution in [0.5, 0.6) is 5.75 Å². The normalized spacial score (nSPS) is 14.0. The van der Waals surface area contributed by atoms with E-state index < -0.39 is 72.3 Å². The first kappa shape index (κ1) is 39.0. The summed E-state index contributed by atoms with van der Waals surface area (Å²) in [4.78, 5) is 65.2. The molecule has 0 aliphatic carbocycles. The van der Waals surface area contributed by atoms with Gasteiger partial charge in [0.25, 0.3) is 0 Å². The van der Waals surface area contributed by atoms with E-state index in [-0.39, 0.29) is 43.9 Å². The molecule has 0 aliphatic rings. The van der Waals surface area contributed by atoms with Crippen LogP contribution in [0.15, 0.2) is 54.6 Å². The van der Waals surface area contributed by atoms with Crippen LogP contribution in [0, 0.1) is 11.3 Å². The van der Waals surface area contributed by atoms with Gasteiger partial charge in [-0.2, -0.15) is 0 Å². The fourth-order valence-electron chi connectivity index (χ4n) is 4.61. The van der Waals surface area contributed by atoms with E-state index in [1.165, 1.54) is 24.3 Å². The summed E-state index contributed by atoms with van der Waals surface area (Å²) < 4.78 is 0. The highest BCUT2D eigenvalue weighted by molar-refractivity contribution is 5.95. The number of phenols is 1. The van der Waals surface area contributed by atoms with Crippen molar-refractivity contribution in [3.8, 4) is 5.75 Å². The number of guanidine groups is 1. The minimum absolute atomic E-state index is 0.00477. The second-order valence-electron chi connectivity index (χ2n) is 11.6. The maximum absolute atomic E-state index is 13.8. The highest BCUT2D eigenvalue weighted by atomic mass is 16.4. The van der Waals surface area contributed by atoms with Crippen molar-refractivity contribution >= 4 is 35.6 Å². The second-order valence-corrected chi connectivity index (χ2v) is 11.6. The van der Waals surface area contributed by atoms with E-state index in [4.69, 9.17) is 16.9 Å². The third kappa shape index (κ3) is 13.3. The quantitative estimate of drug-likeness (QED) is 0.0462. The Morgan fingerprint density at radius 1 is 0.771 bits per heavy atom. The molecule has 0 radical (unpaired) electrons. The second kappa shape index (κ2) is 19.4. The number of nitrogens with two attached hydrogens (primary N) is 2. The molecule has 13 N–H and O–H groups in total. The SMILES string of the molecule is CC(C)[C@H](NC(=O)[C@@H](N)CO)C(=O)N[C@@H](CCCNC(=N)N)C(=O)N[C@@H](Cc1ccccc1)C(=O)N[C@@H](Cc1ccc(O)cc1)C(=O)O. The van der Waals surface area contributed by atoms with Crippen molar-refractivity contribution in [2.45, 2.75) is 69.7 Å². The molecule has 16 heteroatoms. The van der Waals surface area contributed by atoms with Gasteiger partial charge in [-0.3, -0.25) is 24.6 Å². The average molecular weight is 671 g/mol. The monoisotopic (exact) mass is 670 g/mol. The van der Waals surface area contributed by atoms with Crippen LogP contribution in [0.1, 0.15) is 37.8 Å². The summed E-state index contributed by atoms with van der Waals surface area (Å²) in [6.45, 7) is 2.88. The lowest BCUT2D eigenvalue weighted by atomic mass is 10.0. The Morgan fingerprint density at radius 2 is 1.31 bits per heavy atom. The molecule has 0 heterocycles. The molecule has 0 saturated carbocycles. The zero-order valence-corrected chi connectivity index (χ0v) is 26.9. The van der Waals surface area contributed by atoms with Crippen LogP contribution in [-0.4, -0.2) is 94.2 Å². The Bertz CT molecular complexity index is 1390. The summed E-state index contributed by atoms with van der Waals surface area (Å²) in [7, 11) is 0. The molecule has 0 unspecified atom stereocenters. The van der Waals surface area contributed by atoms with Gasteiger partial charge in [-0.05, 0) is 42.0 Å². The lowest BCUT2D eigenvalue weighted by Gasteiger charge is -2.28. The summed E-state index contributed by atoms with van der Waals surface area (Å²) in [5, 5.41) is 48.9. The molecule has 5 atom stereocenters. The Balaban J connectivity index is 2.33. The average Bonchev–Trinajstić information content (AvgIpc) is 3.04. The van der Waals surface area contributed by atoms with Crippen molar-refractivity contribution in [1.29, 1.82) is 5.41 Å². The zero-order valence-electron chi connectivity index (χ0n) is 26.9. The molecule has 0 aliphatic heterocycles. The number of nitrogens with one attached hydrogen (secondary N) is 6. The number of aliphatic hydroxyl groups is 1. The van der Waals surface area contributed by atoms with Crippen LogP contribution in [0.3, 0.4) is 0 Å². The summed E-state index contributed by atoms with van der Waals surface area (Å²) in [5.41, 5.74) is 12.1. The predicted molar refractivity (Wildman–Crippen MR) is 176 cm³/mol. The number of hydrogen-bond donors (Lipinski definition) is 11. The number of carboxylic acid groups (broad SMARTS) is 1. The van der Waals surface area contributed by atoms with Gasteiger partial charge < -0.3 is 53.4 Å². The van der Waals surface area contributed by atoms with E-state index in [2.05, 4.69) is 26.6 Å². The van der Waals surface area contributed by atoms with E-state index in [1.807, 2.05) is 0 Å². The van der Waals surface area contributed by atoms with Crippen LogP contribution in [0.4, 0.5) is 0 Å². The number of carbonyl (C=O) groups excluding carboxylic acids is 4. The van der Waals surface area contributed by atoms with Crippen LogP contribution < -0.4 is 38.1 Å². The summed E-state index contributed by atoms with van der Waals surface area (Å²) >= 11 is 0. The van der Waals surface area contributed by atoms with Crippen LogP contribution in [0.2, 0.25) is 0 Å². The number of aromatic hydroxyl groups is 1. The fourth-order valence-corrected chi connectivity index (χ4v) is 4.61. The van der Waals surface area contributed by atoms with Crippen molar-refractivity contribution in [1.82, 2.24) is 26.6 Å². The van der Waals surface area contributed by atoms with Crippen molar-refractivity contribution in [2.75, 3.05) is 13.2 Å². The number of aliphatic hydroxyl groups excluding tert-OH is 1. The van der Waals surface area contributed by atoms with Crippen LogP contribution in [0.25, 0.3) is 0 Å². The number of amides is 4. The molecule has 0 bridgehead atoms. The number of carbonyl (C=O) groups is 5. The molecule has 4 amide bonds. The molecule has 0 saturated heterocycles. The summed E-state index contributed by atoms with van der Waals surface area (Å²) in [6, 6.07) is 8.31. The molecular formula is C32H46N8O8. The number of rotatable bonds is 19. The Kier molecular flexibility index (Phi) is 15.8. The molecule has 0 aromatic heterocycles. The molecule has 2 aromatic rings. The van der Waals surface area contributed by atoms with Crippen LogP contribution in [-0.2, 0) is 36.8 Å². The molecule has 2 aromatic carbocycles. The smallest absolute Gasteiger partial charge is 0.326 e. The van der Waals surface area contributed by atoms with E-state index in [9.17, 15) is 39.3 Å². The third-order valence-corrected chi connectivity index (χ3v) is 7.30. The fraction of sp³-hybridized carbons (Fsp3) is 0.438. The first-order valence-electron chi connectivity index (χ1n) is 15.4. The van der Waals surface area contributed by atoms with Gasteiger partial charge in [0.15, 0.2) is 5.96 Å². The van der Waals surface area contributed by atoms with Gasteiger partial charge >= 0.3 is 5.97 Å². The van der Waals surface area contributed by atoms with Gasteiger partial charge in [-0.25, -0.2) is 4.79 Å². The third-order valence-electron chi connectivity index (χ3n) is 7.30. The van der Waals surface area contributed by atoms with Gasteiger partial charge in [0.05, 0.1) is 6.61 Å². The van der Waals surface area contributed by atoms with Gasteiger partial charge in [0.1, 0.15) is 36.0 Å². The molecule has 262 valence electrons. The Hall–Kier alpha value is -5.22. The first-order valence-corrected chi connectivity index (χ1v) is 15.4. The molecule has 0 fully saturated rings. The van der Waals surface area contributed by atoms with Crippen molar-refractivity contribution in [2.24, 2.45) is 17.4 Å². The minimum atomic E-state index is -1.37. The van der Waals surface area contributed by atoms with E-state index >= 15 is 0 Å².